The van der Waals surface area contributed by atoms with Gasteiger partial charge in [-0.2, -0.15) is 0 Å². The van der Waals surface area contributed by atoms with Crippen LogP contribution in [-0.2, 0) is 9.53 Å². The first-order valence-electron chi connectivity index (χ1n) is 6.00. The van der Waals surface area contributed by atoms with Crippen LogP contribution < -0.4 is 5.32 Å². The van der Waals surface area contributed by atoms with Crippen molar-refractivity contribution in [2.45, 2.75) is 27.2 Å². The van der Waals surface area contributed by atoms with E-state index < -0.39 is 5.97 Å². The van der Waals surface area contributed by atoms with Crippen LogP contribution >= 0.6 is 0 Å². The van der Waals surface area contributed by atoms with Crippen molar-refractivity contribution in [2.24, 2.45) is 5.92 Å². The minimum atomic E-state index is -0.396. The Balaban J connectivity index is 2.98. The highest BCUT2D eigenvalue weighted by atomic mass is 16.5. The van der Waals surface area contributed by atoms with Gasteiger partial charge in [-0.1, -0.05) is 19.9 Å². The molecule has 0 bridgehead atoms. The number of carbonyl (C=O) groups excluding carboxylic acids is 2. The maximum Gasteiger partial charge on any atom is 0.338 e. The number of benzene rings is 1. The Morgan fingerprint density at radius 2 is 2.06 bits per heavy atom. The second kappa shape index (κ2) is 6.19. The Morgan fingerprint density at radius 3 is 2.61 bits per heavy atom. The molecule has 98 valence electrons. The lowest BCUT2D eigenvalue weighted by Gasteiger charge is -2.13. The summed E-state index contributed by atoms with van der Waals surface area (Å²) < 4.78 is 4.69. The molecule has 0 aliphatic carbocycles. The minimum Gasteiger partial charge on any atom is -0.465 e. The molecular weight excluding hydrogens is 230 g/mol. The third kappa shape index (κ3) is 3.09. The predicted octanol–water partition coefficient (Wildman–Crippen LogP) is 2.77. The summed E-state index contributed by atoms with van der Waals surface area (Å²) in [5.74, 6) is -0.485. The number of ether oxygens (including phenoxy) is 1. The number of amides is 1. The van der Waals surface area contributed by atoms with Crippen molar-refractivity contribution in [3.63, 3.8) is 0 Å². The van der Waals surface area contributed by atoms with E-state index in [1.54, 1.807) is 25.1 Å². The molecule has 18 heavy (non-hydrogen) atoms. The number of anilines is 1. The predicted molar refractivity (Wildman–Crippen MR) is 70.6 cm³/mol. The van der Waals surface area contributed by atoms with E-state index in [9.17, 15) is 9.59 Å². The summed E-state index contributed by atoms with van der Waals surface area (Å²) in [4.78, 5) is 23.3. The zero-order valence-corrected chi connectivity index (χ0v) is 11.2. The summed E-state index contributed by atoms with van der Waals surface area (Å²) in [6.07, 6.45) is 0.779. The molecular formula is C14H19NO3. The maximum atomic E-state index is 11.8. The average Bonchev–Trinajstić information content (AvgIpc) is 2.39. The van der Waals surface area contributed by atoms with Crippen molar-refractivity contribution in [3.05, 3.63) is 29.3 Å². The van der Waals surface area contributed by atoms with Gasteiger partial charge in [0.05, 0.1) is 12.7 Å². The topological polar surface area (TPSA) is 55.4 Å². The summed E-state index contributed by atoms with van der Waals surface area (Å²) in [5.41, 5.74) is 1.85. The highest BCUT2D eigenvalue weighted by Crippen LogP contribution is 2.20. The zero-order chi connectivity index (χ0) is 13.7. The quantitative estimate of drug-likeness (QED) is 0.835. The van der Waals surface area contributed by atoms with Crippen LogP contribution in [-0.4, -0.2) is 19.0 Å². The molecule has 1 N–H and O–H groups in total. The molecule has 0 radical (unpaired) electrons. The molecule has 1 rings (SSSR count). The van der Waals surface area contributed by atoms with Gasteiger partial charge < -0.3 is 10.1 Å². The fourth-order valence-electron chi connectivity index (χ4n) is 1.54. The molecule has 0 aromatic heterocycles. The summed E-state index contributed by atoms with van der Waals surface area (Å²) in [7, 11) is 1.34. The van der Waals surface area contributed by atoms with Crippen LogP contribution in [0.25, 0.3) is 0 Å². The van der Waals surface area contributed by atoms with Gasteiger partial charge in [0.15, 0.2) is 0 Å². The molecule has 0 saturated heterocycles. The van der Waals surface area contributed by atoms with Crippen LogP contribution in [0.1, 0.15) is 36.2 Å². The molecule has 1 aromatic carbocycles. The molecule has 0 saturated carbocycles. The van der Waals surface area contributed by atoms with Crippen LogP contribution in [0.3, 0.4) is 0 Å². The zero-order valence-electron chi connectivity index (χ0n) is 11.2. The van der Waals surface area contributed by atoms with Gasteiger partial charge in [-0.15, -0.1) is 0 Å². The number of methoxy groups -OCH3 is 1. The van der Waals surface area contributed by atoms with Crippen molar-refractivity contribution in [2.75, 3.05) is 12.4 Å². The molecule has 0 aliphatic heterocycles. The van der Waals surface area contributed by atoms with E-state index >= 15 is 0 Å². The summed E-state index contributed by atoms with van der Waals surface area (Å²) in [5, 5.41) is 2.83. The smallest absolute Gasteiger partial charge is 0.338 e. The maximum absolute atomic E-state index is 11.8. The van der Waals surface area contributed by atoms with Gasteiger partial charge in [-0.05, 0) is 31.0 Å². The first kappa shape index (κ1) is 14.2. The molecule has 4 heteroatoms. The third-order valence-electron chi connectivity index (χ3n) is 3.06. The van der Waals surface area contributed by atoms with E-state index in [1.807, 2.05) is 13.8 Å². The number of rotatable bonds is 4. The lowest BCUT2D eigenvalue weighted by molar-refractivity contribution is -0.119. The fourth-order valence-corrected chi connectivity index (χ4v) is 1.54. The number of hydrogen-bond acceptors (Lipinski definition) is 3. The number of esters is 1. The lowest BCUT2D eigenvalue weighted by atomic mass is 10.0. The normalized spacial score (nSPS) is 11.8. The van der Waals surface area contributed by atoms with Crippen LogP contribution in [0.4, 0.5) is 5.69 Å². The Morgan fingerprint density at radius 1 is 1.39 bits per heavy atom. The van der Waals surface area contributed by atoms with E-state index in [1.165, 1.54) is 7.11 Å². The number of nitrogens with one attached hydrogen (secondary N) is 1. The minimum absolute atomic E-state index is 0.0392. The average molecular weight is 249 g/mol. The number of carbonyl (C=O) groups is 2. The second-order valence-electron chi connectivity index (χ2n) is 4.27. The standard InChI is InChI=1S/C14H19NO3/c1-5-9(2)13(16)15-12-8-6-7-11(10(12)3)14(17)18-4/h6-9H,5H2,1-4H3,(H,15,16)/t9-/m1/s1. The molecule has 0 fully saturated rings. The van der Waals surface area contributed by atoms with Gasteiger partial charge in [-0.25, -0.2) is 4.79 Å². The lowest BCUT2D eigenvalue weighted by Crippen LogP contribution is -2.20. The largest absolute Gasteiger partial charge is 0.465 e. The Hall–Kier alpha value is -1.84. The first-order chi connectivity index (χ1) is 8.51. The molecule has 1 atom stereocenters. The van der Waals surface area contributed by atoms with Crippen LogP contribution in [0.15, 0.2) is 18.2 Å². The van der Waals surface area contributed by atoms with Gasteiger partial charge in [0.1, 0.15) is 0 Å². The molecule has 0 unspecified atom stereocenters. The first-order valence-corrected chi connectivity index (χ1v) is 6.00. The van der Waals surface area contributed by atoms with Crippen molar-refractivity contribution in [1.29, 1.82) is 0 Å². The van der Waals surface area contributed by atoms with Gasteiger partial charge in [0, 0.05) is 11.6 Å². The van der Waals surface area contributed by atoms with E-state index in [4.69, 9.17) is 4.74 Å². The van der Waals surface area contributed by atoms with Crippen molar-refractivity contribution < 1.29 is 14.3 Å². The van der Waals surface area contributed by atoms with E-state index in [0.717, 1.165) is 12.0 Å². The van der Waals surface area contributed by atoms with Crippen molar-refractivity contribution in [3.8, 4) is 0 Å². The monoisotopic (exact) mass is 249 g/mol. The molecule has 4 nitrogen and oxygen atoms in total. The van der Waals surface area contributed by atoms with Gasteiger partial charge in [0.2, 0.25) is 5.91 Å². The van der Waals surface area contributed by atoms with E-state index in [-0.39, 0.29) is 11.8 Å². The third-order valence-corrected chi connectivity index (χ3v) is 3.06. The summed E-state index contributed by atoms with van der Waals surface area (Å²) >= 11 is 0. The fraction of sp³-hybridized carbons (Fsp3) is 0.429. The summed E-state index contributed by atoms with van der Waals surface area (Å²) in [6, 6.07) is 5.19. The highest BCUT2D eigenvalue weighted by molar-refractivity contribution is 5.97. The van der Waals surface area contributed by atoms with Gasteiger partial charge >= 0.3 is 5.97 Å². The van der Waals surface area contributed by atoms with Crippen LogP contribution in [0.2, 0.25) is 0 Å². The van der Waals surface area contributed by atoms with Gasteiger partial charge in [0.25, 0.3) is 0 Å². The molecule has 0 heterocycles. The molecule has 0 aliphatic rings. The number of hydrogen-bond donors (Lipinski definition) is 1. The SMILES string of the molecule is CC[C@@H](C)C(=O)Nc1cccc(C(=O)OC)c1C. The van der Waals surface area contributed by atoms with Crippen LogP contribution in [0, 0.1) is 12.8 Å². The Labute approximate surface area is 107 Å². The molecule has 1 aromatic rings. The van der Waals surface area contributed by atoms with Crippen LogP contribution in [0.5, 0.6) is 0 Å². The van der Waals surface area contributed by atoms with Crippen molar-refractivity contribution >= 4 is 17.6 Å². The Kier molecular flexibility index (Phi) is 4.89. The summed E-state index contributed by atoms with van der Waals surface area (Å²) in [6.45, 7) is 5.62. The Bertz CT molecular complexity index is 454. The van der Waals surface area contributed by atoms with E-state index in [2.05, 4.69) is 5.32 Å². The molecule has 1 amide bonds. The second-order valence-corrected chi connectivity index (χ2v) is 4.27. The van der Waals surface area contributed by atoms with Gasteiger partial charge in [-0.3, -0.25) is 4.79 Å². The highest BCUT2D eigenvalue weighted by Gasteiger charge is 2.15. The van der Waals surface area contributed by atoms with E-state index in [0.29, 0.717) is 11.3 Å². The van der Waals surface area contributed by atoms with Crippen molar-refractivity contribution in [1.82, 2.24) is 0 Å². The molecule has 0 spiro atoms.